The number of nitrogens with zero attached hydrogens (tertiary/aromatic N) is 5. The SMILES string of the molecule is COc1ccc(/C(C)=N\Nc2nc3c(c(=O)n(C)c(=O)n3C)n2Cc2cccc3ccccc23)cc1. The second-order valence-electron chi connectivity index (χ2n) is 8.58. The molecule has 0 saturated carbocycles. The van der Waals surface area contributed by atoms with Gasteiger partial charge in [-0.3, -0.25) is 18.5 Å². The van der Waals surface area contributed by atoms with Gasteiger partial charge in [0, 0.05) is 14.1 Å². The molecule has 9 heteroatoms. The van der Waals surface area contributed by atoms with Crippen LogP contribution in [0.3, 0.4) is 0 Å². The molecule has 0 saturated heterocycles. The predicted molar refractivity (Wildman–Crippen MR) is 142 cm³/mol. The maximum absolute atomic E-state index is 13.2. The number of fused-ring (bicyclic) bond motifs is 2. The van der Waals surface area contributed by atoms with Crippen molar-refractivity contribution in [2.45, 2.75) is 13.5 Å². The van der Waals surface area contributed by atoms with E-state index in [0.29, 0.717) is 23.7 Å². The minimum absolute atomic E-state index is 0.295. The molecule has 0 bridgehead atoms. The summed E-state index contributed by atoms with van der Waals surface area (Å²) in [7, 11) is 4.70. The van der Waals surface area contributed by atoms with E-state index in [1.165, 1.54) is 11.6 Å². The molecule has 0 radical (unpaired) electrons. The molecule has 1 N–H and O–H groups in total. The first-order chi connectivity index (χ1) is 17.4. The lowest BCUT2D eigenvalue weighted by molar-refractivity contribution is 0.415. The largest absolute Gasteiger partial charge is 0.497 e. The van der Waals surface area contributed by atoms with Gasteiger partial charge in [0.15, 0.2) is 11.2 Å². The second kappa shape index (κ2) is 9.18. The van der Waals surface area contributed by atoms with Gasteiger partial charge in [-0.25, -0.2) is 10.2 Å². The summed E-state index contributed by atoms with van der Waals surface area (Å²) in [6.45, 7) is 2.24. The Morgan fingerprint density at radius 3 is 2.44 bits per heavy atom. The van der Waals surface area contributed by atoms with Crippen molar-refractivity contribution in [3.63, 3.8) is 0 Å². The fourth-order valence-electron chi connectivity index (χ4n) is 4.32. The second-order valence-corrected chi connectivity index (χ2v) is 8.58. The number of benzene rings is 3. The number of methoxy groups -OCH3 is 1. The summed E-state index contributed by atoms with van der Waals surface area (Å²) < 4.78 is 9.48. The minimum Gasteiger partial charge on any atom is -0.497 e. The van der Waals surface area contributed by atoms with E-state index in [1.54, 1.807) is 18.7 Å². The molecule has 5 aromatic rings. The van der Waals surface area contributed by atoms with E-state index >= 15 is 0 Å². The van der Waals surface area contributed by atoms with Crippen LogP contribution in [0.1, 0.15) is 18.1 Å². The molecule has 9 nitrogen and oxygen atoms in total. The maximum atomic E-state index is 13.2. The van der Waals surface area contributed by atoms with Crippen LogP contribution in [0.2, 0.25) is 0 Å². The number of aryl methyl sites for hydroxylation is 1. The fourth-order valence-corrected chi connectivity index (χ4v) is 4.32. The van der Waals surface area contributed by atoms with Gasteiger partial charge in [0.05, 0.1) is 19.4 Å². The molecule has 0 amide bonds. The summed E-state index contributed by atoms with van der Waals surface area (Å²) in [6, 6.07) is 21.7. The Morgan fingerprint density at radius 2 is 1.69 bits per heavy atom. The maximum Gasteiger partial charge on any atom is 0.332 e. The van der Waals surface area contributed by atoms with Gasteiger partial charge in [0.25, 0.3) is 5.56 Å². The van der Waals surface area contributed by atoms with E-state index in [1.807, 2.05) is 55.5 Å². The molecule has 0 spiro atoms. The van der Waals surface area contributed by atoms with Crippen molar-refractivity contribution in [3.05, 3.63) is 98.7 Å². The number of hydrazone groups is 1. The minimum atomic E-state index is -0.438. The van der Waals surface area contributed by atoms with Crippen molar-refractivity contribution in [3.8, 4) is 5.75 Å². The van der Waals surface area contributed by atoms with Crippen molar-refractivity contribution < 1.29 is 4.74 Å². The summed E-state index contributed by atoms with van der Waals surface area (Å²) in [5.74, 6) is 1.12. The molecule has 0 fully saturated rings. The monoisotopic (exact) mass is 482 g/mol. The molecule has 5 rings (SSSR count). The number of imidazole rings is 1. The van der Waals surface area contributed by atoms with Crippen LogP contribution in [-0.2, 0) is 20.6 Å². The lowest BCUT2D eigenvalue weighted by atomic mass is 10.0. The Labute approximate surface area is 206 Å². The van der Waals surface area contributed by atoms with E-state index < -0.39 is 11.2 Å². The lowest BCUT2D eigenvalue weighted by Gasteiger charge is -2.12. The topological polar surface area (TPSA) is 95.4 Å². The molecule has 3 aromatic carbocycles. The van der Waals surface area contributed by atoms with Crippen LogP contribution in [0, 0.1) is 0 Å². The summed E-state index contributed by atoms with van der Waals surface area (Å²) >= 11 is 0. The van der Waals surface area contributed by atoms with Crippen molar-refractivity contribution in [2.75, 3.05) is 12.5 Å². The number of nitrogens with one attached hydrogen (secondary N) is 1. The third-order valence-corrected chi connectivity index (χ3v) is 6.39. The lowest BCUT2D eigenvalue weighted by Crippen LogP contribution is -2.37. The average Bonchev–Trinajstić information content (AvgIpc) is 3.27. The Balaban J connectivity index is 1.65. The Kier molecular flexibility index (Phi) is 5.89. The van der Waals surface area contributed by atoms with Gasteiger partial charge < -0.3 is 4.74 Å². The number of aromatic nitrogens is 4. The number of ether oxygens (including phenoxy) is 1. The van der Waals surface area contributed by atoms with Gasteiger partial charge in [-0.05, 0) is 53.1 Å². The van der Waals surface area contributed by atoms with Gasteiger partial charge in [-0.15, -0.1) is 0 Å². The third kappa shape index (κ3) is 3.94. The van der Waals surface area contributed by atoms with Crippen LogP contribution in [0.25, 0.3) is 21.9 Å². The first-order valence-corrected chi connectivity index (χ1v) is 11.5. The highest BCUT2D eigenvalue weighted by molar-refractivity contribution is 5.99. The normalized spacial score (nSPS) is 11.8. The van der Waals surface area contributed by atoms with Crippen LogP contribution in [-0.4, -0.2) is 31.5 Å². The van der Waals surface area contributed by atoms with E-state index in [-0.39, 0.29) is 0 Å². The first-order valence-electron chi connectivity index (χ1n) is 11.5. The smallest absolute Gasteiger partial charge is 0.332 e. The van der Waals surface area contributed by atoms with Gasteiger partial charge in [0.1, 0.15) is 5.75 Å². The zero-order chi connectivity index (χ0) is 25.4. The zero-order valence-electron chi connectivity index (χ0n) is 20.5. The Morgan fingerprint density at radius 1 is 0.972 bits per heavy atom. The van der Waals surface area contributed by atoms with Crippen LogP contribution < -0.4 is 21.4 Å². The first kappa shape index (κ1) is 23.1. The van der Waals surface area contributed by atoms with Gasteiger partial charge in [0.2, 0.25) is 5.95 Å². The summed E-state index contributed by atoms with van der Waals surface area (Å²) in [6.07, 6.45) is 0. The van der Waals surface area contributed by atoms with Gasteiger partial charge >= 0.3 is 5.69 Å². The van der Waals surface area contributed by atoms with Crippen LogP contribution in [0.5, 0.6) is 5.75 Å². The quantitative estimate of drug-likeness (QED) is 0.295. The number of anilines is 1. The van der Waals surface area contributed by atoms with Crippen molar-refractivity contribution in [2.24, 2.45) is 19.2 Å². The summed E-state index contributed by atoms with van der Waals surface area (Å²) in [5.41, 5.74) is 5.45. The average molecular weight is 483 g/mol. The number of rotatable bonds is 6. The fraction of sp³-hybridized carbons (Fsp3) is 0.185. The molecule has 182 valence electrons. The van der Waals surface area contributed by atoms with Crippen LogP contribution in [0.15, 0.2) is 81.4 Å². The predicted octanol–water partition coefficient (Wildman–Crippen LogP) is 3.48. The molecule has 36 heavy (non-hydrogen) atoms. The molecular formula is C27H26N6O3. The van der Waals surface area contributed by atoms with Crippen LogP contribution in [0.4, 0.5) is 5.95 Å². The number of hydrogen-bond donors (Lipinski definition) is 1. The molecule has 0 aliphatic heterocycles. The van der Waals surface area contributed by atoms with Crippen molar-refractivity contribution in [1.82, 2.24) is 18.7 Å². The molecule has 0 aliphatic rings. The van der Waals surface area contributed by atoms with E-state index in [9.17, 15) is 9.59 Å². The Hall–Kier alpha value is -4.66. The third-order valence-electron chi connectivity index (χ3n) is 6.39. The molecule has 2 heterocycles. The van der Waals surface area contributed by atoms with Gasteiger partial charge in [-0.2, -0.15) is 10.1 Å². The van der Waals surface area contributed by atoms with E-state index in [4.69, 9.17) is 4.74 Å². The standard InChI is InChI=1S/C27H26N6O3/c1-17(18-12-14-21(36-4)15-13-18)29-30-26-28-24-23(25(34)32(3)27(35)31(24)2)33(26)16-20-10-7-9-19-8-5-6-11-22(19)20/h5-15H,16H2,1-4H3,(H,28,30)/b29-17-. The molecule has 2 aromatic heterocycles. The van der Waals surface area contributed by atoms with E-state index in [0.717, 1.165) is 37.9 Å². The highest BCUT2D eigenvalue weighted by Gasteiger charge is 2.20. The van der Waals surface area contributed by atoms with E-state index in [2.05, 4.69) is 33.7 Å². The molecular weight excluding hydrogens is 456 g/mol. The van der Waals surface area contributed by atoms with Crippen molar-refractivity contribution in [1.29, 1.82) is 0 Å². The number of hydrogen-bond acceptors (Lipinski definition) is 6. The molecule has 0 unspecified atom stereocenters. The summed E-state index contributed by atoms with van der Waals surface area (Å²) in [4.78, 5) is 30.4. The highest BCUT2D eigenvalue weighted by atomic mass is 16.5. The van der Waals surface area contributed by atoms with Gasteiger partial charge in [-0.1, -0.05) is 42.5 Å². The van der Waals surface area contributed by atoms with Crippen LogP contribution >= 0.6 is 0 Å². The highest BCUT2D eigenvalue weighted by Crippen LogP contribution is 2.23. The van der Waals surface area contributed by atoms with Crippen molar-refractivity contribution >= 4 is 33.6 Å². The molecule has 0 aliphatic carbocycles. The zero-order valence-corrected chi connectivity index (χ0v) is 20.5. The Bertz CT molecular complexity index is 1740. The molecule has 0 atom stereocenters. The summed E-state index contributed by atoms with van der Waals surface area (Å²) in [5, 5.41) is 6.71.